The Morgan fingerprint density at radius 3 is 2.58 bits per heavy atom. The zero-order chi connectivity index (χ0) is 17.7. The van der Waals surface area contributed by atoms with Gasteiger partial charge in [0.2, 0.25) is 0 Å². The molecule has 1 heterocycles. The van der Waals surface area contributed by atoms with Crippen molar-refractivity contribution in [1.82, 2.24) is 15.6 Å². The highest BCUT2D eigenvalue weighted by atomic mass is 127. The lowest BCUT2D eigenvalue weighted by molar-refractivity contribution is 0.692. The number of thiazole rings is 1. The summed E-state index contributed by atoms with van der Waals surface area (Å²) >= 11 is 7.76. The van der Waals surface area contributed by atoms with Crippen LogP contribution < -0.4 is 10.6 Å². The molecule has 142 valence electrons. The van der Waals surface area contributed by atoms with Crippen molar-refractivity contribution in [3.63, 3.8) is 0 Å². The third-order valence-electron chi connectivity index (χ3n) is 4.49. The molecule has 2 aromatic rings. The van der Waals surface area contributed by atoms with Crippen molar-refractivity contribution >= 4 is 52.9 Å². The SMILES string of the molecule is CCNC(=NCC1(c2ccc(Cl)cc2)CC1)NCCc1ncc(C)s1.I. The standard InChI is InChI=1S/C19H25ClN4S.HI/c1-3-21-18(22-11-8-17-23-12-14(2)25-17)24-13-19(9-10-19)15-4-6-16(20)7-5-15;/h4-7,12H,3,8-11,13H2,1-2H3,(H2,21,22,24);1H. The molecule has 26 heavy (non-hydrogen) atoms. The number of nitrogens with zero attached hydrogens (tertiary/aromatic N) is 2. The Bertz CT molecular complexity index is 725. The summed E-state index contributed by atoms with van der Waals surface area (Å²) in [5.74, 6) is 0.885. The highest BCUT2D eigenvalue weighted by Gasteiger charge is 2.44. The third kappa shape index (κ3) is 5.82. The molecule has 0 unspecified atom stereocenters. The predicted octanol–water partition coefficient (Wildman–Crippen LogP) is 4.55. The predicted molar refractivity (Wildman–Crippen MR) is 122 cm³/mol. The Kier molecular flexibility index (Phi) is 8.16. The average molecular weight is 505 g/mol. The molecule has 1 aliphatic carbocycles. The van der Waals surface area contributed by atoms with Gasteiger partial charge in [-0.1, -0.05) is 23.7 Å². The van der Waals surface area contributed by atoms with Gasteiger partial charge in [-0.05, 0) is 44.4 Å². The van der Waals surface area contributed by atoms with Gasteiger partial charge < -0.3 is 10.6 Å². The van der Waals surface area contributed by atoms with Gasteiger partial charge in [0.1, 0.15) is 0 Å². The first-order valence-corrected chi connectivity index (χ1v) is 10.0. The zero-order valence-electron chi connectivity index (χ0n) is 15.2. The van der Waals surface area contributed by atoms with Crippen LogP contribution in [0.5, 0.6) is 0 Å². The molecular weight excluding hydrogens is 479 g/mol. The van der Waals surface area contributed by atoms with Gasteiger partial charge in [-0.3, -0.25) is 4.99 Å². The Labute approximate surface area is 181 Å². The molecule has 3 rings (SSSR count). The second kappa shape index (κ2) is 9.90. The summed E-state index contributed by atoms with van der Waals surface area (Å²) < 4.78 is 0. The van der Waals surface area contributed by atoms with Gasteiger partial charge in [0.05, 0.1) is 11.6 Å². The molecule has 0 bridgehead atoms. The normalized spacial score (nSPS) is 15.3. The Balaban J connectivity index is 0.00000243. The molecule has 1 aromatic carbocycles. The Morgan fingerprint density at radius 2 is 2.00 bits per heavy atom. The fraction of sp³-hybridized carbons (Fsp3) is 0.474. The summed E-state index contributed by atoms with van der Waals surface area (Å²) in [6, 6.07) is 8.21. The summed E-state index contributed by atoms with van der Waals surface area (Å²) in [5, 5.41) is 8.71. The van der Waals surface area contributed by atoms with Crippen LogP contribution >= 0.6 is 46.9 Å². The Morgan fingerprint density at radius 1 is 1.27 bits per heavy atom. The first-order chi connectivity index (χ1) is 12.1. The molecular formula is C19H26ClIN4S. The fourth-order valence-corrected chi connectivity index (χ4v) is 3.78. The van der Waals surface area contributed by atoms with Gasteiger partial charge in [0.15, 0.2) is 5.96 Å². The number of rotatable bonds is 7. The first-order valence-electron chi connectivity index (χ1n) is 8.81. The van der Waals surface area contributed by atoms with Crippen LogP contribution in [0.25, 0.3) is 0 Å². The molecule has 0 saturated heterocycles. The van der Waals surface area contributed by atoms with Crippen LogP contribution in [0.1, 0.15) is 35.2 Å². The van der Waals surface area contributed by atoms with Crippen molar-refractivity contribution < 1.29 is 0 Å². The molecule has 0 amide bonds. The molecule has 0 aliphatic heterocycles. The fourth-order valence-electron chi connectivity index (χ4n) is 2.87. The summed E-state index contributed by atoms with van der Waals surface area (Å²) in [6.07, 6.45) is 5.24. The summed E-state index contributed by atoms with van der Waals surface area (Å²) in [5.41, 5.74) is 1.54. The second-order valence-electron chi connectivity index (χ2n) is 6.52. The molecule has 0 radical (unpaired) electrons. The van der Waals surface area contributed by atoms with Crippen LogP contribution in [0.2, 0.25) is 5.02 Å². The van der Waals surface area contributed by atoms with Gasteiger partial charge in [-0.25, -0.2) is 4.98 Å². The lowest BCUT2D eigenvalue weighted by Crippen LogP contribution is -2.39. The smallest absolute Gasteiger partial charge is 0.191 e. The highest BCUT2D eigenvalue weighted by molar-refractivity contribution is 14.0. The van der Waals surface area contributed by atoms with Gasteiger partial charge in [0, 0.05) is 41.0 Å². The van der Waals surface area contributed by atoms with Crippen molar-refractivity contribution in [1.29, 1.82) is 0 Å². The van der Waals surface area contributed by atoms with Crippen LogP contribution in [0.15, 0.2) is 35.5 Å². The monoisotopic (exact) mass is 504 g/mol. The molecule has 1 aromatic heterocycles. The van der Waals surface area contributed by atoms with E-state index in [1.807, 2.05) is 18.3 Å². The van der Waals surface area contributed by atoms with Crippen LogP contribution in [-0.4, -0.2) is 30.6 Å². The first kappa shape index (κ1) is 21.4. The largest absolute Gasteiger partial charge is 0.357 e. The zero-order valence-corrected chi connectivity index (χ0v) is 19.1. The maximum atomic E-state index is 6.01. The van der Waals surface area contributed by atoms with Crippen LogP contribution in [0, 0.1) is 6.92 Å². The van der Waals surface area contributed by atoms with Crippen LogP contribution in [0.3, 0.4) is 0 Å². The van der Waals surface area contributed by atoms with Crippen LogP contribution in [0.4, 0.5) is 0 Å². The molecule has 4 nitrogen and oxygen atoms in total. The quantitative estimate of drug-likeness (QED) is 0.330. The minimum atomic E-state index is 0. The van der Waals surface area contributed by atoms with Crippen molar-refractivity contribution in [3.05, 3.63) is 50.9 Å². The number of halogens is 2. The van der Waals surface area contributed by atoms with Crippen molar-refractivity contribution in [2.24, 2.45) is 4.99 Å². The number of nitrogens with one attached hydrogen (secondary N) is 2. The Hall–Kier alpha value is -0.860. The van der Waals surface area contributed by atoms with E-state index in [4.69, 9.17) is 16.6 Å². The number of hydrogen-bond donors (Lipinski definition) is 2. The minimum absolute atomic E-state index is 0. The van der Waals surface area contributed by atoms with Crippen molar-refractivity contribution in [2.45, 2.75) is 38.5 Å². The number of aryl methyl sites for hydroxylation is 1. The third-order valence-corrected chi connectivity index (χ3v) is 5.72. The highest BCUT2D eigenvalue weighted by Crippen LogP contribution is 2.48. The topological polar surface area (TPSA) is 49.3 Å². The van der Waals surface area contributed by atoms with Gasteiger partial charge in [-0.15, -0.1) is 35.3 Å². The molecule has 7 heteroatoms. The van der Waals surface area contributed by atoms with E-state index in [9.17, 15) is 0 Å². The number of aromatic nitrogens is 1. The van der Waals surface area contributed by atoms with E-state index in [1.54, 1.807) is 11.3 Å². The van der Waals surface area contributed by atoms with Gasteiger partial charge in [0.25, 0.3) is 0 Å². The van der Waals surface area contributed by atoms with Crippen molar-refractivity contribution in [2.75, 3.05) is 19.6 Å². The van der Waals surface area contributed by atoms with E-state index in [1.165, 1.54) is 28.3 Å². The maximum Gasteiger partial charge on any atom is 0.191 e. The van der Waals surface area contributed by atoms with Crippen LogP contribution in [-0.2, 0) is 11.8 Å². The maximum absolute atomic E-state index is 6.01. The molecule has 1 saturated carbocycles. The van der Waals surface area contributed by atoms with E-state index < -0.39 is 0 Å². The van der Waals surface area contributed by atoms with E-state index in [0.717, 1.165) is 37.0 Å². The molecule has 0 spiro atoms. The molecule has 2 N–H and O–H groups in total. The lowest BCUT2D eigenvalue weighted by atomic mass is 9.96. The number of guanidine groups is 1. The summed E-state index contributed by atoms with van der Waals surface area (Å²) in [7, 11) is 0. The van der Waals surface area contributed by atoms with Crippen molar-refractivity contribution in [3.8, 4) is 0 Å². The minimum Gasteiger partial charge on any atom is -0.357 e. The van der Waals surface area contributed by atoms with E-state index in [-0.39, 0.29) is 29.4 Å². The molecule has 0 atom stereocenters. The van der Waals surface area contributed by atoms with Gasteiger partial charge >= 0.3 is 0 Å². The van der Waals surface area contributed by atoms with E-state index in [0.29, 0.717) is 0 Å². The van der Waals surface area contributed by atoms with E-state index in [2.05, 4.69) is 41.6 Å². The summed E-state index contributed by atoms with van der Waals surface area (Å²) in [4.78, 5) is 10.5. The summed E-state index contributed by atoms with van der Waals surface area (Å²) in [6.45, 7) is 6.68. The van der Waals surface area contributed by atoms with Gasteiger partial charge in [-0.2, -0.15) is 0 Å². The second-order valence-corrected chi connectivity index (χ2v) is 8.28. The number of hydrogen-bond acceptors (Lipinski definition) is 3. The molecule has 1 aliphatic rings. The average Bonchev–Trinajstić information content (AvgIpc) is 3.28. The van der Waals surface area contributed by atoms with E-state index >= 15 is 0 Å². The molecule has 1 fully saturated rings. The number of aliphatic imine (C=N–C) groups is 1. The lowest BCUT2D eigenvalue weighted by Gasteiger charge is -2.16. The number of benzene rings is 1.